The van der Waals surface area contributed by atoms with Gasteiger partial charge in [-0.15, -0.1) is 0 Å². The van der Waals surface area contributed by atoms with E-state index in [2.05, 4.69) is 10.0 Å². The monoisotopic (exact) mass is 410 g/mol. The fourth-order valence-corrected chi connectivity index (χ4v) is 4.09. The summed E-state index contributed by atoms with van der Waals surface area (Å²) in [5.41, 5.74) is 1.88. The first-order valence-corrected chi connectivity index (χ1v) is 10.6. The Balaban J connectivity index is 1.81. The van der Waals surface area contributed by atoms with Crippen molar-refractivity contribution < 1.29 is 17.9 Å². The average molecular weight is 410 g/mol. The number of anilines is 2. The largest absolute Gasteiger partial charge is 0.494 e. The lowest BCUT2D eigenvalue weighted by Gasteiger charge is -2.13. The van der Waals surface area contributed by atoms with Gasteiger partial charge in [0.1, 0.15) is 5.75 Å². The lowest BCUT2D eigenvalue weighted by Crippen LogP contribution is -2.16. The number of hydrogen-bond acceptors (Lipinski definition) is 4. The van der Waals surface area contributed by atoms with E-state index in [0.29, 0.717) is 34.9 Å². The number of sulfonamides is 1. The molecular formula is C22H22N2O4S. The molecule has 1 amide bonds. The SMILES string of the molecule is CCOc1ccc(NS(=O)(=O)c2cc(NC(=O)c3ccccc3)ccc2C)cc1. The molecule has 6 nitrogen and oxygen atoms in total. The first-order chi connectivity index (χ1) is 13.9. The lowest BCUT2D eigenvalue weighted by atomic mass is 10.2. The third kappa shape index (κ3) is 5.14. The van der Waals surface area contributed by atoms with Crippen LogP contribution in [0.2, 0.25) is 0 Å². The van der Waals surface area contributed by atoms with Gasteiger partial charge in [0, 0.05) is 16.9 Å². The molecule has 0 aliphatic heterocycles. The van der Waals surface area contributed by atoms with Gasteiger partial charge >= 0.3 is 0 Å². The minimum Gasteiger partial charge on any atom is -0.494 e. The van der Waals surface area contributed by atoms with E-state index in [9.17, 15) is 13.2 Å². The third-order valence-electron chi connectivity index (χ3n) is 4.19. The smallest absolute Gasteiger partial charge is 0.262 e. The van der Waals surface area contributed by atoms with Crippen LogP contribution in [0.5, 0.6) is 5.75 Å². The van der Waals surface area contributed by atoms with Crippen LogP contribution < -0.4 is 14.8 Å². The minimum atomic E-state index is -3.83. The maximum absolute atomic E-state index is 12.9. The van der Waals surface area contributed by atoms with Crippen LogP contribution in [-0.4, -0.2) is 20.9 Å². The molecule has 3 rings (SSSR count). The summed E-state index contributed by atoms with van der Waals surface area (Å²) < 4.78 is 33.7. The fourth-order valence-electron chi connectivity index (χ4n) is 2.76. The number of hydrogen-bond donors (Lipinski definition) is 2. The lowest BCUT2D eigenvalue weighted by molar-refractivity contribution is 0.102. The summed E-state index contributed by atoms with van der Waals surface area (Å²) in [5, 5.41) is 2.74. The number of amides is 1. The van der Waals surface area contributed by atoms with Crippen molar-refractivity contribution in [1.29, 1.82) is 0 Å². The molecule has 0 aromatic heterocycles. The molecule has 0 aliphatic carbocycles. The summed E-state index contributed by atoms with van der Waals surface area (Å²) in [5.74, 6) is 0.356. The Morgan fingerprint density at radius 3 is 2.24 bits per heavy atom. The molecule has 2 N–H and O–H groups in total. The zero-order valence-electron chi connectivity index (χ0n) is 16.2. The van der Waals surface area contributed by atoms with Gasteiger partial charge in [0.25, 0.3) is 15.9 Å². The van der Waals surface area contributed by atoms with E-state index in [-0.39, 0.29) is 10.8 Å². The van der Waals surface area contributed by atoms with E-state index < -0.39 is 10.0 Å². The van der Waals surface area contributed by atoms with Crippen LogP contribution in [0.15, 0.2) is 77.7 Å². The second kappa shape index (κ2) is 8.79. The summed E-state index contributed by atoms with van der Waals surface area (Å²) >= 11 is 0. The van der Waals surface area contributed by atoms with Gasteiger partial charge in [0.15, 0.2) is 0 Å². The zero-order chi connectivity index (χ0) is 20.9. The Labute approximate surface area is 170 Å². The molecule has 0 atom stereocenters. The van der Waals surface area contributed by atoms with Gasteiger partial charge in [-0.1, -0.05) is 24.3 Å². The van der Waals surface area contributed by atoms with Crippen LogP contribution in [-0.2, 0) is 10.0 Å². The highest BCUT2D eigenvalue weighted by molar-refractivity contribution is 7.92. The van der Waals surface area contributed by atoms with Crippen molar-refractivity contribution in [2.24, 2.45) is 0 Å². The average Bonchev–Trinajstić information content (AvgIpc) is 2.71. The molecule has 0 unspecified atom stereocenters. The topological polar surface area (TPSA) is 84.5 Å². The molecule has 0 spiro atoms. The molecule has 150 valence electrons. The normalized spacial score (nSPS) is 11.0. The van der Waals surface area contributed by atoms with Crippen molar-refractivity contribution in [2.75, 3.05) is 16.6 Å². The van der Waals surface area contributed by atoms with Gasteiger partial charge < -0.3 is 10.1 Å². The van der Waals surface area contributed by atoms with Crippen molar-refractivity contribution in [3.8, 4) is 5.75 Å². The van der Waals surface area contributed by atoms with Crippen LogP contribution in [0.25, 0.3) is 0 Å². The third-order valence-corrected chi connectivity index (χ3v) is 5.71. The Hall–Kier alpha value is -3.32. The van der Waals surface area contributed by atoms with Gasteiger partial charge in [-0.2, -0.15) is 0 Å². The van der Waals surface area contributed by atoms with Crippen molar-refractivity contribution in [2.45, 2.75) is 18.7 Å². The van der Waals surface area contributed by atoms with Crippen LogP contribution in [0.4, 0.5) is 11.4 Å². The number of nitrogens with one attached hydrogen (secondary N) is 2. The molecule has 7 heteroatoms. The number of carbonyl (C=O) groups is 1. The van der Waals surface area contributed by atoms with E-state index in [1.807, 2.05) is 13.0 Å². The van der Waals surface area contributed by atoms with Crippen molar-refractivity contribution >= 4 is 27.3 Å². The number of benzene rings is 3. The molecule has 0 aliphatic rings. The highest BCUT2D eigenvalue weighted by Gasteiger charge is 2.18. The summed E-state index contributed by atoms with van der Waals surface area (Å²) in [7, 11) is -3.83. The van der Waals surface area contributed by atoms with Crippen LogP contribution in [0, 0.1) is 6.92 Å². The predicted octanol–water partition coefficient (Wildman–Crippen LogP) is 4.45. The molecule has 0 heterocycles. The molecule has 0 saturated heterocycles. The first kappa shape index (κ1) is 20.4. The van der Waals surface area contributed by atoms with E-state index in [0.717, 1.165) is 0 Å². The quantitative estimate of drug-likeness (QED) is 0.603. The van der Waals surface area contributed by atoms with Gasteiger partial charge in [-0.05, 0) is 67.9 Å². The predicted molar refractivity (Wildman–Crippen MR) is 114 cm³/mol. The second-order valence-corrected chi connectivity index (χ2v) is 8.01. The number of rotatable bonds is 7. The molecule has 0 bridgehead atoms. The van der Waals surface area contributed by atoms with Crippen molar-refractivity contribution in [1.82, 2.24) is 0 Å². The Morgan fingerprint density at radius 2 is 1.59 bits per heavy atom. The zero-order valence-corrected chi connectivity index (χ0v) is 17.0. The number of carbonyl (C=O) groups excluding carboxylic acids is 1. The van der Waals surface area contributed by atoms with E-state index >= 15 is 0 Å². The van der Waals surface area contributed by atoms with Gasteiger partial charge in [0.05, 0.1) is 11.5 Å². The Bertz CT molecular complexity index is 1100. The summed E-state index contributed by atoms with van der Waals surface area (Å²) in [6, 6.07) is 20.2. The molecule has 3 aromatic rings. The maximum Gasteiger partial charge on any atom is 0.262 e. The van der Waals surface area contributed by atoms with Crippen LogP contribution in [0.3, 0.4) is 0 Å². The molecular weight excluding hydrogens is 388 g/mol. The fraction of sp³-hybridized carbons (Fsp3) is 0.136. The second-order valence-electron chi connectivity index (χ2n) is 6.36. The first-order valence-electron chi connectivity index (χ1n) is 9.12. The summed E-state index contributed by atoms with van der Waals surface area (Å²) in [4.78, 5) is 12.4. The number of aryl methyl sites for hydroxylation is 1. The van der Waals surface area contributed by atoms with Gasteiger partial charge in [-0.3, -0.25) is 9.52 Å². The van der Waals surface area contributed by atoms with Gasteiger partial charge in [0.2, 0.25) is 0 Å². The molecule has 0 saturated carbocycles. The maximum atomic E-state index is 12.9. The number of ether oxygens (including phenoxy) is 1. The van der Waals surface area contributed by atoms with Crippen LogP contribution in [0.1, 0.15) is 22.8 Å². The van der Waals surface area contributed by atoms with Crippen LogP contribution >= 0.6 is 0 Å². The molecule has 0 radical (unpaired) electrons. The molecule has 3 aromatic carbocycles. The van der Waals surface area contributed by atoms with Crippen molar-refractivity contribution in [3.63, 3.8) is 0 Å². The molecule has 0 fully saturated rings. The highest BCUT2D eigenvalue weighted by Crippen LogP contribution is 2.24. The van der Waals surface area contributed by atoms with E-state index in [4.69, 9.17) is 4.74 Å². The highest BCUT2D eigenvalue weighted by atomic mass is 32.2. The molecule has 29 heavy (non-hydrogen) atoms. The summed E-state index contributed by atoms with van der Waals surface area (Å²) in [6.07, 6.45) is 0. The summed E-state index contributed by atoms with van der Waals surface area (Å²) in [6.45, 7) is 4.12. The van der Waals surface area contributed by atoms with E-state index in [1.165, 1.54) is 6.07 Å². The van der Waals surface area contributed by atoms with Crippen molar-refractivity contribution in [3.05, 3.63) is 83.9 Å². The standard InChI is InChI=1S/C22H22N2O4S/c1-3-28-20-13-11-18(12-14-20)24-29(26,27)21-15-19(10-9-16(21)2)23-22(25)17-7-5-4-6-8-17/h4-15,24H,3H2,1-2H3,(H,23,25). The van der Waals surface area contributed by atoms with E-state index in [1.54, 1.807) is 67.6 Å². The Kier molecular flexibility index (Phi) is 6.19. The Morgan fingerprint density at radius 1 is 0.931 bits per heavy atom. The van der Waals surface area contributed by atoms with Gasteiger partial charge in [-0.25, -0.2) is 8.42 Å². The minimum absolute atomic E-state index is 0.0947.